The molecule has 0 radical (unpaired) electrons. The van der Waals surface area contributed by atoms with E-state index in [4.69, 9.17) is 24.5 Å². The number of carboxylic acids is 2. The summed E-state index contributed by atoms with van der Waals surface area (Å²) >= 11 is 0. The second kappa shape index (κ2) is 11.2. The molecule has 4 N–H and O–H groups in total. The number of esters is 1. The maximum absolute atomic E-state index is 11.6. The van der Waals surface area contributed by atoms with Gasteiger partial charge in [-0.1, -0.05) is 30.3 Å². The summed E-state index contributed by atoms with van der Waals surface area (Å²) in [7, 11) is 0. The number of benzene rings is 1. The predicted molar refractivity (Wildman–Crippen MR) is 90.0 cm³/mol. The van der Waals surface area contributed by atoms with Crippen LogP contribution in [0.4, 0.5) is 0 Å². The van der Waals surface area contributed by atoms with Crippen LogP contribution in [0.5, 0.6) is 0 Å². The van der Waals surface area contributed by atoms with Crippen molar-refractivity contribution in [3.05, 3.63) is 35.9 Å². The molecule has 2 atom stereocenters. The highest BCUT2D eigenvalue weighted by molar-refractivity contribution is 6.27. The second-order valence-corrected chi connectivity index (χ2v) is 5.46. The normalized spacial score (nSPS) is 19.2. The van der Waals surface area contributed by atoms with Gasteiger partial charge in [0.1, 0.15) is 6.04 Å². The van der Waals surface area contributed by atoms with Gasteiger partial charge < -0.3 is 25.6 Å². The van der Waals surface area contributed by atoms with Crippen LogP contribution in [-0.4, -0.2) is 53.4 Å². The van der Waals surface area contributed by atoms with Gasteiger partial charge in [0.15, 0.2) is 0 Å². The van der Waals surface area contributed by atoms with Gasteiger partial charge in [0.2, 0.25) is 0 Å². The van der Waals surface area contributed by atoms with E-state index in [0.29, 0.717) is 12.6 Å². The summed E-state index contributed by atoms with van der Waals surface area (Å²) < 4.78 is 5.02. The largest absolute Gasteiger partial charge is 0.473 e. The van der Waals surface area contributed by atoms with Crippen molar-refractivity contribution < 1.29 is 29.3 Å². The van der Waals surface area contributed by atoms with E-state index in [2.05, 4.69) is 22.8 Å². The Hall–Kier alpha value is -2.45. The lowest BCUT2D eigenvalue weighted by molar-refractivity contribution is -0.159. The summed E-state index contributed by atoms with van der Waals surface area (Å²) in [5.41, 5.74) is 1.29. The average molecular weight is 352 g/mol. The Morgan fingerprint density at radius 2 is 1.80 bits per heavy atom. The van der Waals surface area contributed by atoms with Gasteiger partial charge in [-0.15, -0.1) is 0 Å². The van der Waals surface area contributed by atoms with Crippen LogP contribution < -0.4 is 10.6 Å². The summed E-state index contributed by atoms with van der Waals surface area (Å²) in [5.74, 6) is -3.77. The Bertz CT molecular complexity index is 544. The molecular weight excluding hydrogens is 328 g/mol. The molecule has 0 aromatic heterocycles. The first-order chi connectivity index (χ1) is 11.9. The van der Waals surface area contributed by atoms with Gasteiger partial charge in [-0.3, -0.25) is 4.79 Å². The molecule has 1 aromatic rings. The van der Waals surface area contributed by atoms with Crippen molar-refractivity contribution in [1.29, 1.82) is 0 Å². The molecule has 0 saturated carbocycles. The molecule has 0 spiro atoms. The number of aliphatic carboxylic acids is 2. The monoisotopic (exact) mass is 352 g/mol. The van der Waals surface area contributed by atoms with Gasteiger partial charge in [0, 0.05) is 19.1 Å². The Labute approximate surface area is 146 Å². The maximum Gasteiger partial charge on any atom is 0.414 e. The Morgan fingerprint density at radius 1 is 1.16 bits per heavy atom. The Morgan fingerprint density at radius 3 is 2.28 bits per heavy atom. The minimum absolute atomic E-state index is 0.121. The fourth-order valence-corrected chi connectivity index (χ4v) is 2.33. The topological polar surface area (TPSA) is 125 Å². The van der Waals surface area contributed by atoms with Gasteiger partial charge in [0.25, 0.3) is 0 Å². The molecule has 1 aliphatic heterocycles. The van der Waals surface area contributed by atoms with E-state index in [-0.39, 0.29) is 12.0 Å². The van der Waals surface area contributed by atoms with E-state index in [1.165, 1.54) is 5.56 Å². The first-order valence-corrected chi connectivity index (χ1v) is 8.07. The summed E-state index contributed by atoms with van der Waals surface area (Å²) in [6.07, 6.45) is 1.84. The van der Waals surface area contributed by atoms with Crippen LogP contribution >= 0.6 is 0 Å². The number of carbonyl (C=O) groups is 3. The molecule has 1 saturated heterocycles. The number of piperidine rings is 1. The molecule has 1 aliphatic rings. The zero-order valence-electron chi connectivity index (χ0n) is 14.1. The van der Waals surface area contributed by atoms with Crippen LogP contribution in [0.3, 0.4) is 0 Å². The van der Waals surface area contributed by atoms with E-state index >= 15 is 0 Å². The van der Waals surface area contributed by atoms with Crippen LogP contribution in [0.2, 0.25) is 0 Å². The molecule has 8 nitrogen and oxygen atoms in total. The van der Waals surface area contributed by atoms with Crippen LogP contribution in [0, 0.1) is 0 Å². The summed E-state index contributed by atoms with van der Waals surface area (Å²) in [6.45, 7) is 3.98. The standard InChI is InChI=1S/C15H22N2O2.C2H2O4/c1-2-19-15(18)14-9-8-13(11-17-14)16-10-12-6-4-3-5-7-12;3-1(4)2(5)6/h3-7,13-14,16-17H,2,8-11H2,1H3;(H,3,4)(H,5,6)/t13-,14-;/m1./s1. The van der Waals surface area contributed by atoms with Crippen LogP contribution in [0.1, 0.15) is 25.3 Å². The number of hydrogen-bond acceptors (Lipinski definition) is 6. The van der Waals surface area contributed by atoms with Crippen molar-refractivity contribution in [3.63, 3.8) is 0 Å². The third-order valence-electron chi connectivity index (χ3n) is 3.61. The van der Waals surface area contributed by atoms with E-state index in [0.717, 1.165) is 25.9 Å². The van der Waals surface area contributed by atoms with E-state index in [1.54, 1.807) is 0 Å². The van der Waals surface area contributed by atoms with E-state index in [1.807, 2.05) is 25.1 Å². The molecular formula is C17H24N2O6. The quantitative estimate of drug-likeness (QED) is 0.449. The molecule has 2 rings (SSSR count). The molecule has 1 heterocycles. The molecule has 0 aliphatic carbocycles. The highest BCUT2D eigenvalue weighted by atomic mass is 16.5. The van der Waals surface area contributed by atoms with Crippen LogP contribution in [-0.2, 0) is 25.7 Å². The lowest BCUT2D eigenvalue weighted by atomic mass is 10.0. The first kappa shape index (κ1) is 20.6. The van der Waals surface area contributed by atoms with Crippen molar-refractivity contribution in [2.75, 3.05) is 13.2 Å². The summed E-state index contributed by atoms with van der Waals surface area (Å²) in [6, 6.07) is 10.6. The zero-order valence-corrected chi connectivity index (χ0v) is 14.1. The minimum atomic E-state index is -1.82. The van der Waals surface area contributed by atoms with E-state index in [9.17, 15) is 4.79 Å². The summed E-state index contributed by atoms with van der Waals surface area (Å²) in [4.78, 5) is 29.8. The van der Waals surface area contributed by atoms with Crippen molar-refractivity contribution in [3.8, 4) is 0 Å². The zero-order chi connectivity index (χ0) is 18.7. The number of carbonyl (C=O) groups excluding carboxylic acids is 1. The number of nitrogens with one attached hydrogen (secondary N) is 2. The van der Waals surface area contributed by atoms with Crippen LogP contribution in [0.15, 0.2) is 30.3 Å². The molecule has 1 aromatic carbocycles. The van der Waals surface area contributed by atoms with Gasteiger partial charge in [0.05, 0.1) is 6.61 Å². The van der Waals surface area contributed by atoms with Crippen molar-refractivity contribution in [2.45, 2.75) is 38.4 Å². The lowest BCUT2D eigenvalue weighted by Crippen LogP contribution is -2.51. The first-order valence-electron chi connectivity index (χ1n) is 8.07. The van der Waals surface area contributed by atoms with Crippen LogP contribution in [0.25, 0.3) is 0 Å². The highest BCUT2D eigenvalue weighted by Gasteiger charge is 2.26. The fraction of sp³-hybridized carbons (Fsp3) is 0.471. The number of hydrogen-bond donors (Lipinski definition) is 4. The second-order valence-electron chi connectivity index (χ2n) is 5.46. The molecule has 0 amide bonds. The van der Waals surface area contributed by atoms with Gasteiger partial charge in [-0.05, 0) is 25.3 Å². The molecule has 8 heteroatoms. The van der Waals surface area contributed by atoms with E-state index < -0.39 is 11.9 Å². The van der Waals surface area contributed by atoms with Gasteiger partial charge in [-0.2, -0.15) is 0 Å². The fourth-order valence-electron chi connectivity index (χ4n) is 2.33. The van der Waals surface area contributed by atoms with Gasteiger partial charge >= 0.3 is 17.9 Å². The lowest BCUT2D eigenvalue weighted by Gasteiger charge is -2.29. The van der Waals surface area contributed by atoms with Gasteiger partial charge in [-0.25, -0.2) is 9.59 Å². The Balaban J connectivity index is 0.000000450. The minimum Gasteiger partial charge on any atom is -0.473 e. The highest BCUT2D eigenvalue weighted by Crippen LogP contribution is 2.10. The number of carboxylic acid groups (broad SMARTS) is 2. The third-order valence-corrected chi connectivity index (χ3v) is 3.61. The van der Waals surface area contributed by atoms with Crippen molar-refractivity contribution in [1.82, 2.24) is 10.6 Å². The SMILES string of the molecule is CCOC(=O)[C@H]1CC[C@@H](NCc2ccccc2)CN1.O=C(O)C(=O)O. The Kier molecular flexibility index (Phi) is 9.20. The summed E-state index contributed by atoms with van der Waals surface area (Å²) in [5, 5.41) is 21.6. The molecule has 138 valence electrons. The maximum atomic E-state index is 11.6. The average Bonchev–Trinajstić information content (AvgIpc) is 2.62. The van der Waals surface area contributed by atoms with Crippen molar-refractivity contribution >= 4 is 17.9 Å². The third kappa shape index (κ3) is 8.27. The number of rotatable bonds is 5. The number of ether oxygens (including phenoxy) is 1. The molecule has 0 unspecified atom stereocenters. The smallest absolute Gasteiger partial charge is 0.414 e. The van der Waals surface area contributed by atoms with Crippen molar-refractivity contribution in [2.24, 2.45) is 0 Å². The molecule has 1 fully saturated rings. The predicted octanol–water partition coefficient (Wildman–Crippen LogP) is 0.616. The molecule has 0 bridgehead atoms. The molecule has 25 heavy (non-hydrogen) atoms.